The summed E-state index contributed by atoms with van der Waals surface area (Å²) < 4.78 is 8.87. The third-order valence-corrected chi connectivity index (χ3v) is 5.22. The Labute approximate surface area is 143 Å². The van der Waals surface area contributed by atoms with Gasteiger partial charge in [0.25, 0.3) is 0 Å². The van der Waals surface area contributed by atoms with Crippen LogP contribution in [0.4, 0.5) is 0 Å². The molecule has 3 heterocycles. The zero-order valence-electron chi connectivity index (χ0n) is 14.3. The third-order valence-electron chi connectivity index (χ3n) is 5.22. The van der Waals surface area contributed by atoms with Crippen molar-refractivity contribution in [1.29, 1.82) is 0 Å². The highest BCUT2D eigenvalue weighted by molar-refractivity contribution is 5.43. The molecule has 1 unspecified atom stereocenters. The van der Waals surface area contributed by atoms with Gasteiger partial charge in [-0.2, -0.15) is 0 Å². The summed E-state index contributed by atoms with van der Waals surface area (Å²) in [6.45, 7) is 7.02. The van der Waals surface area contributed by atoms with E-state index in [1.165, 1.54) is 11.1 Å². The average molecular weight is 323 g/mol. The monoisotopic (exact) mass is 323 g/mol. The van der Waals surface area contributed by atoms with E-state index in [-0.39, 0.29) is 6.10 Å². The van der Waals surface area contributed by atoms with Crippen molar-refractivity contribution in [2.75, 3.05) is 20.1 Å². The number of rotatable bonds is 3. The first kappa shape index (κ1) is 15.6. The van der Waals surface area contributed by atoms with Crippen molar-refractivity contribution in [1.82, 2.24) is 14.5 Å². The van der Waals surface area contributed by atoms with Crippen LogP contribution in [0.2, 0.25) is 0 Å². The van der Waals surface area contributed by atoms with Crippen molar-refractivity contribution in [2.24, 2.45) is 0 Å². The summed E-state index contributed by atoms with van der Waals surface area (Å²) in [6.07, 6.45) is 7.33. The zero-order valence-corrected chi connectivity index (χ0v) is 14.3. The number of nitrogens with zero attached hydrogens (tertiary/aromatic N) is 3. The van der Waals surface area contributed by atoms with Gasteiger partial charge in [0, 0.05) is 25.8 Å². The fourth-order valence-electron chi connectivity index (χ4n) is 3.78. The van der Waals surface area contributed by atoms with Gasteiger partial charge in [0.1, 0.15) is 11.9 Å². The van der Waals surface area contributed by atoms with Gasteiger partial charge in [-0.15, -0.1) is 0 Å². The molecule has 0 spiro atoms. The Kier molecular flexibility index (Phi) is 4.25. The number of likely N-dealkylation sites (tertiary alicyclic amines) is 1. The number of hydrogen-bond donors (Lipinski definition) is 0. The fourth-order valence-corrected chi connectivity index (χ4v) is 3.78. The molecule has 1 atom stereocenters. The molecule has 0 radical (unpaired) electrons. The molecule has 1 aromatic carbocycles. The minimum atomic E-state index is -0.0780. The SMILES string of the molecule is C=Cc1cn2c(n1)C(OC1CCN(C)CC1)c1ccccc1CC2. The average Bonchev–Trinajstić information content (AvgIpc) is 2.97. The van der Waals surface area contributed by atoms with Gasteiger partial charge < -0.3 is 14.2 Å². The first-order chi connectivity index (χ1) is 11.7. The smallest absolute Gasteiger partial charge is 0.143 e. The molecule has 1 aromatic heterocycles. The maximum atomic E-state index is 6.63. The summed E-state index contributed by atoms with van der Waals surface area (Å²) in [5, 5.41) is 0. The van der Waals surface area contributed by atoms with Gasteiger partial charge in [0.15, 0.2) is 0 Å². The largest absolute Gasteiger partial charge is 0.362 e. The predicted octanol–water partition coefficient (Wildman–Crippen LogP) is 3.28. The second kappa shape index (κ2) is 6.54. The van der Waals surface area contributed by atoms with Crippen LogP contribution in [-0.4, -0.2) is 40.7 Å². The van der Waals surface area contributed by atoms with E-state index < -0.39 is 0 Å². The van der Waals surface area contributed by atoms with Crippen LogP contribution in [0.25, 0.3) is 6.08 Å². The van der Waals surface area contributed by atoms with Gasteiger partial charge in [0.2, 0.25) is 0 Å². The lowest BCUT2D eigenvalue weighted by Crippen LogP contribution is -2.35. The third kappa shape index (κ3) is 2.92. The van der Waals surface area contributed by atoms with E-state index >= 15 is 0 Å². The molecule has 2 aliphatic heterocycles. The Bertz CT molecular complexity index is 728. The van der Waals surface area contributed by atoms with E-state index in [0.717, 1.165) is 50.4 Å². The summed E-state index contributed by atoms with van der Waals surface area (Å²) in [6, 6.07) is 8.65. The zero-order chi connectivity index (χ0) is 16.5. The van der Waals surface area contributed by atoms with Crippen molar-refractivity contribution in [3.05, 3.63) is 59.7 Å². The summed E-state index contributed by atoms with van der Waals surface area (Å²) >= 11 is 0. The van der Waals surface area contributed by atoms with Crippen LogP contribution in [0, 0.1) is 0 Å². The number of aryl methyl sites for hydroxylation is 2. The topological polar surface area (TPSA) is 30.3 Å². The van der Waals surface area contributed by atoms with E-state index in [1.807, 2.05) is 6.08 Å². The van der Waals surface area contributed by atoms with Crippen LogP contribution in [0.5, 0.6) is 0 Å². The predicted molar refractivity (Wildman–Crippen MR) is 95.9 cm³/mol. The Morgan fingerprint density at radius 2 is 2.00 bits per heavy atom. The second-order valence-electron chi connectivity index (χ2n) is 6.89. The van der Waals surface area contributed by atoms with Gasteiger partial charge in [-0.25, -0.2) is 4.98 Å². The van der Waals surface area contributed by atoms with Crippen molar-refractivity contribution < 1.29 is 4.74 Å². The molecular weight excluding hydrogens is 298 g/mol. The summed E-state index contributed by atoms with van der Waals surface area (Å²) in [4.78, 5) is 7.17. The van der Waals surface area contributed by atoms with Crippen molar-refractivity contribution in [2.45, 2.75) is 38.0 Å². The Balaban J connectivity index is 1.70. The van der Waals surface area contributed by atoms with Crippen molar-refractivity contribution in [3.63, 3.8) is 0 Å². The van der Waals surface area contributed by atoms with E-state index in [0.29, 0.717) is 6.10 Å². The molecule has 0 bridgehead atoms. The van der Waals surface area contributed by atoms with Crippen LogP contribution in [0.3, 0.4) is 0 Å². The standard InChI is InChI=1S/C20H25N3O/c1-3-16-14-23-13-8-15-6-4-5-7-18(15)19(20(23)21-16)24-17-9-11-22(2)12-10-17/h3-7,14,17,19H,1,8-13H2,2H3. The minimum Gasteiger partial charge on any atom is -0.362 e. The van der Waals surface area contributed by atoms with Crippen LogP contribution in [-0.2, 0) is 17.7 Å². The maximum absolute atomic E-state index is 6.63. The summed E-state index contributed by atoms with van der Waals surface area (Å²) in [7, 11) is 2.18. The van der Waals surface area contributed by atoms with Gasteiger partial charge in [-0.3, -0.25) is 0 Å². The molecular formula is C20H25N3O. The van der Waals surface area contributed by atoms with Gasteiger partial charge in [-0.1, -0.05) is 30.8 Å². The summed E-state index contributed by atoms with van der Waals surface area (Å²) in [5.74, 6) is 1.02. The Morgan fingerprint density at radius 1 is 1.21 bits per heavy atom. The maximum Gasteiger partial charge on any atom is 0.143 e. The number of piperidine rings is 1. The molecule has 24 heavy (non-hydrogen) atoms. The van der Waals surface area contributed by atoms with E-state index in [1.54, 1.807) is 0 Å². The lowest BCUT2D eigenvalue weighted by molar-refractivity contribution is -0.0275. The van der Waals surface area contributed by atoms with E-state index in [4.69, 9.17) is 9.72 Å². The van der Waals surface area contributed by atoms with Crippen molar-refractivity contribution >= 4 is 6.08 Å². The highest BCUT2D eigenvalue weighted by Crippen LogP contribution is 2.34. The number of hydrogen-bond acceptors (Lipinski definition) is 3. The molecule has 0 aliphatic carbocycles. The first-order valence-electron chi connectivity index (χ1n) is 8.86. The van der Waals surface area contributed by atoms with E-state index in [9.17, 15) is 0 Å². The Morgan fingerprint density at radius 3 is 2.79 bits per heavy atom. The molecule has 4 rings (SSSR count). The molecule has 2 aliphatic rings. The lowest BCUT2D eigenvalue weighted by atomic mass is 10.00. The number of fused-ring (bicyclic) bond motifs is 2. The van der Waals surface area contributed by atoms with Gasteiger partial charge in [0.05, 0.1) is 11.8 Å². The second-order valence-corrected chi connectivity index (χ2v) is 6.89. The molecule has 4 heteroatoms. The molecule has 1 fully saturated rings. The molecule has 0 N–H and O–H groups in total. The lowest BCUT2D eigenvalue weighted by Gasteiger charge is -2.32. The molecule has 1 saturated heterocycles. The highest BCUT2D eigenvalue weighted by Gasteiger charge is 2.30. The van der Waals surface area contributed by atoms with Crippen LogP contribution in [0.1, 0.15) is 41.6 Å². The number of ether oxygens (including phenoxy) is 1. The number of benzene rings is 1. The summed E-state index contributed by atoms with van der Waals surface area (Å²) in [5.41, 5.74) is 3.58. The Hall–Kier alpha value is -1.91. The normalized spacial score (nSPS) is 21.8. The molecule has 0 saturated carbocycles. The van der Waals surface area contributed by atoms with Crippen molar-refractivity contribution in [3.8, 4) is 0 Å². The quantitative estimate of drug-likeness (QED) is 0.868. The molecule has 4 nitrogen and oxygen atoms in total. The van der Waals surface area contributed by atoms with Crippen LogP contribution < -0.4 is 0 Å². The molecule has 0 amide bonds. The minimum absolute atomic E-state index is 0.0780. The van der Waals surface area contributed by atoms with E-state index in [2.05, 4.69) is 53.6 Å². The fraction of sp³-hybridized carbons (Fsp3) is 0.450. The number of imidazole rings is 1. The van der Waals surface area contributed by atoms with Gasteiger partial charge >= 0.3 is 0 Å². The molecule has 126 valence electrons. The highest BCUT2D eigenvalue weighted by atomic mass is 16.5. The van der Waals surface area contributed by atoms with Crippen LogP contribution in [0.15, 0.2) is 37.0 Å². The van der Waals surface area contributed by atoms with Gasteiger partial charge in [-0.05, 0) is 43.5 Å². The van der Waals surface area contributed by atoms with Crippen LogP contribution >= 0.6 is 0 Å². The number of aromatic nitrogens is 2. The first-order valence-corrected chi connectivity index (χ1v) is 8.86. The molecule has 2 aromatic rings.